The number of aromatic amines is 1. The summed E-state index contributed by atoms with van der Waals surface area (Å²) in [5, 5.41) is 7.69. The predicted molar refractivity (Wildman–Crippen MR) is 83.0 cm³/mol. The van der Waals surface area contributed by atoms with E-state index in [1.165, 1.54) is 12.1 Å². The van der Waals surface area contributed by atoms with E-state index in [1.807, 2.05) is 24.3 Å². The molecule has 0 saturated heterocycles. The summed E-state index contributed by atoms with van der Waals surface area (Å²) in [6.07, 6.45) is 0.532. The van der Waals surface area contributed by atoms with Crippen LogP contribution in [0.3, 0.4) is 0 Å². The van der Waals surface area contributed by atoms with Gasteiger partial charge in [0, 0.05) is 17.1 Å². The van der Waals surface area contributed by atoms with Gasteiger partial charge in [-0.2, -0.15) is 5.10 Å². The number of benzene rings is 2. The molecule has 0 atom stereocenters. The van der Waals surface area contributed by atoms with E-state index in [4.69, 9.17) is 23.8 Å². The van der Waals surface area contributed by atoms with Crippen molar-refractivity contribution >= 4 is 23.8 Å². The number of nitrogens with one attached hydrogen (secondary N) is 1. The third kappa shape index (κ3) is 2.89. The molecule has 0 amide bonds. The SMILES string of the molecule is Fc1ccc(-n2c(Cc3ccccc3Cl)n[nH]c2=S)cc1. The number of nitrogens with zero attached hydrogens (tertiary/aromatic N) is 2. The van der Waals surface area contributed by atoms with Crippen LogP contribution in [0.15, 0.2) is 48.5 Å². The van der Waals surface area contributed by atoms with Crippen LogP contribution in [0.2, 0.25) is 5.02 Å². The Bertz CT molecular complexity index is 823. The van der Waals surface area contributed by atoms with Crippen molar-refractivity contribution in [2.45, 2.75) is 6.42 Å². The molecule has 3 rings (SSSR count). The Labute approximate surface area is 131 Å². The van der Waals surface area contributed by atoms with Crippen LogP contribution in [0.25, 0.3) is 5.69 Å². The van der Waals surface area contributed by atoms with Gasteiger partial charge in [-0.1, -0.05) is 29.8 Å². The number of halogens is 2. The molecule has 0 unspecified atom stereocenters. The summed E-state index contributed by atoms with van der Waals surface area (Å²) >= 11 is 11.4. The van der Waals surface area contributed by atoms with Crippen molar-refractivity contribution < 1.29 is 4.39 Å². The highest BCUT2D eigenvalue weighted by Gasteiger charge is 2.11. The maximum Gasteiger partial charge on any atom is 0.199 e. The van der Waals surface area contributed by atoms with Crippen molar-refractivity contribution in [1.82, 2.24) is 14.8 Å². The first-order valence-electron chi connectivity index (χ1n) is 6.31. The number of hydrogen-bond acceptors (Lipinski definition) is 2. The van der Waals surface area contributed by atoms with Gasteiger partial charge in [0.25, 0.3) is 0 Å². The maximum absolute atomic E-state index is 13.1. The normalized spacial score (nSPS) is 10.8. The standard InChI is InChI=1S/C15H11ClFN3S/c16-13-4-2-1-3-10(13)9-14-18-19-15(21)20(14)12-7-5-11(17)6-8-12/h1-8H,9H2,(H,19,21). The van der Waals surface area contributed by atoms with Crippen molar-refractivity contribution in [3.63, 3.8) is 0 Å². The van der Waals surface area contributed by atoms with Gasteiger partial charge in [-0.15, -0.1) is 0 Å². The average molecular weight is 320 g/mol. The van der Waals surface area contributed by atoms with Crippen LogP contribution in [0, 0.1) is 10.6 Å². The molecule has 2 aromatic carbocycles. The van der Waals surface area contributed by atoms with Crippen LogP contribution in [-0.2, 0) is 6.42 Å². The zero-order chi connectivity index (χ0) is 14.8. The smallest absolute Gasteiger partial charge is 0.199 e. The van der Waals surface area contributed by atoms with Crippen molar-refractivity contribution in [3.8, 4) is 5.69 Å². The lowest BCUT2D eigenvalue weighted by Crippen LogP contribution is -2.03. The van der Waals surface area contributed by atoms with Crippen LogP contribution in [0.1, 0.15) is 11.4 Å². The number of H-pyrrole nitrogens is 1. The highest BCUT2D eigenvalue weighted by atomic mass is 35.5. The number of rotatable bonds is 3. The van der Waals surface area contributed by atoms with Gasteiger partial charge in [-0.05, 0) is 48.1 Å². The number of aromatic nitrogens is 3. The zero-order valence-electron chi connectivity index (χ0n) is 10.9. The first-order valence-corrected chi connectivity index (χ1v) is 7.09. The van der Waals surface area contributed by atoms with Gasteiger partial charge in [0.15, 0.2) is 4.77 Å². The molecule has 0 spiro atoms. The van der Waals surface area contributed by atoms with E-state index in [9.17, 15) is 4.39 Å². The Hall–Kier alpha value is -1.98. The maximum atomic E-state index is 13.1. The van der Waals surface area contributed by atoms with E-state index in [-0.39, 0.29) is 5.82 Å². The lowest BCUT2D eigenvalue weighted by Gasteiger charge is -2.08. The van der Waals surface area contributed by atoms with E-state index < -0.39 is 0 Å². The van der Waals surface area contributed by atoms with Crippen LogP contribution in [0.4, 0.5) is 4.39 Å². The summed E-state index contributed by atoms with van der Waals surface area (Å²) < 4.78 is 15.3. The fourth-order valence-corrected chi connectivity index (χ4v) is 2.58. The molecule has 6 heteroatoms. The zero-order valence-corrected chi connectivity index (χ0v) is 12.5. The lowest BCUT2D eigenvalue weighted by molar-refractivity contribution is 0.627. The third-order valence-corrected chi connectivity index (χ3v) is 3.78. The summed E-state index contributed by atoms with van der Waals surface area (Å²) in [6.45, 7) is 0. The molecule has 0 aliphatic heterocycles. The van der Waals surface area contributed by atoms with Crippen molar-refractivity contribution in [3.05, 3.63) is 75.5 Å². The molecular formula is C15H11ClFN3S. The number of hydrogen-bond donors (Lipinski definition) is 1. The summed E-state index contributed by atoms with van der Waals surface area (Å²) in [5.41, 5.74) is 1.72. The summed E-state index contributed by atoms with van der Waals surface area (Å²) in [5.74, 6) is 0.432. The molecule has 0 radical (unpaired) electrons. The minimum Gasteiger partial charge on any atom is -0.272 e. The predicted octanol–water partition coefficient (Wildman–Crippen LogP) is 4.31. The van der Waals surface area contributed by atoms with Gasteiger partial charge in [0.1, 0.15) is 11.6 Å². The van der Waals surface area contributed by atoms with Gasteiger partial charge >= 0.3 is 0 Å². The molecule has 0 aliphatic rings. The van der Waals surface area contributed by atoms with E-state index in [0.717, 1.165) is 17.1 Å². The fourth-order valence-electron chi connectivity index (χ4n) is 2.12. The Morgan fingerprint density at radius 2 is 1.86 bits per heavy atom. The van der Waals surface area contributed by atoms with Gasteiger partial charge in [-0.25, -0.2) is 4.39 Å². The molecule has 0 fully saturated rings. The Morgan fingerprint density at radius 3 is 2.57 bits per heavy atom. The quantitative estimate of drug-likeness (QED) is 0.730. The molecule has 21 heavy (non-hydrogen) atoms. The minimum atomic E-state index is -0.290. The highest BCUT2D eigenvalue weighted by Crippen LogP contribution is 2.20. The first kappa shape index (κ1) is 14.0. The van der Waals surface area contributed by atoms with E-state index in [0.29, 0.717) is 16.2 Å². The van der Waals surface area contributed by atoms with Crippen molar-refractivity contribution in [1.29, 1.82) is 0 Å². The monoisotopic (exact) mass is 319 g/mol. The highest BCUT2D eigenvalue weighted by molar-refractivity contribution is 7.71. The van der Waals surface area contributed by atoms with Crippen LogP contribution in [-0.4, -0.2) is 14.8 Å². The second-order valence-electron chi connectivity index (χ2n) is 4.53. The Morgan fingerprint density at radius 1 is 1.14 bits per heavy atom. The van der Waals surface area contributed by atoms with Crippen LogP contribution >= 0.6 is 23.8 Å². The largest absolute Gasteiger partial charge is 0.272 e. The summed E-state index contributed by atoms with van der Waals surface area (Å²) in [6, 6.07) is 13.7. The molecule has 1 N–H and O–H groups in total. The summed E-state index contributed by atoms with van der Waals surface area (Å²) in [4.78, 5) is 0. The molecule has 1 aromatic heterocycles. The van der Waals surface area contributed by atoms with Gasteiger partial charge in [0.05, 0.1) is 0 Å². The molecule has 0 saturated carbocycles. The second kappa shape index (κ2) is 5.79. The van der Waals surface area contributed by atoms with E-state index in [1.54, 1.807) is 16.7 Å². The van der Waals surface area contributed by atoms with Crippen LogP contribution < -0.4 is 0 Å². The third-order valence-electron chi connectivity index (χ3n) is 3.13. The molecule has 106 valence electrons. The molecule has 3 nitrogen and oxygen atoms in total. The molecule has 3 aromatic rings. The van der Waals surface area contributed by atoms with Crippen molar-refractivity contribution in [2.75, 3.05) is 0 Å². The summed E-state index contributed by atoms with van der Waals surface area (Å²) in [7, 11) is 0. The Kier molecular flexibility index (Phi) is 3.86. The first-order chi connectivity index (χ1) is 10.1. The van der Waals surface area contributed by atoms with Crippen LogP contribution in [0.5, 0.6) is 0 Å². The van der Waals surface area contributed by atoms with Gasteiger partial charge in [-0.3, -0.25) is 9.67 Å². The Balaban J connectivity index is 2.03. The van der Waals surface area contributed by atoms with E-state index >= 15 is 0 Å². The minimum absolute atomic E-state index is 0.290. The molecule has 1 heterocycles. The van der Waals surface area contributed by atoms with Gasteiger partial charge < -0.3 is 0 Å². The van der Waals surface area contributed by atoms with Gasteiger partial charge in [0.2, 0.25) is 0 Å². The topological polar surface area (TPSA) is 33.6 Å². The molecule has 0 aliphatic carbocycles. The second-order valence-corrected chi connectivity index (χ2v) is 5.32. The molecule has 0 bridgehead atoms. The van der Waals surface area contributed by atoms with E-state index in [2.05, 4.69) is 10.2 Å². The van der Waals surface area contributed by atoms with Crippen molar-refractivity contribution in [2.24, 2.45) is 0 Å². The lowest BCUT2D eigenvalue weighted by atomic mass is 10.1. The molecular weight excluding hydrogens is 309 g/mol. The average Bonchev–Trinajstić information content (AvgIpc) is 2.83. The fraction of sp³-hybridized carbons (Fsp3) is 0.0667.